The van der Waals surface area contributed by atoms with E-state index in [0.717, 1.165) is 23.1 Å². The number of nitro groups is 1. The number of methoxy groups -OCH3 is 1. The fourth-order valence-corrected chi connectivity index (χ4v) is 4.00. The lowest BCUT2D eigenvalue weighted by Crippen LogP contribution is -2.38. The van der Waals surface area contributed by atoms with Crippen LogP contribution in [0.15, 0.2) is 54.6 Å². The van der Waals surface area contributed by atoms with Gasteiger partial charge in [0.1, 0.15) is 0 Å². The Kier molecular flexibility index (Phi) is 6.16. The van der Waals surface area contributed by atoms with Crippen LogP contribution in [0.1, 0.15) is 41.3 Å². The Bertz CT molecular complexity index is 1160. The molecule has 0 N–H and O–H groups in total. The molecule has 0 bridgehead atoms. The minimum absolute atomic E-state index is 0.0639. The van der Waals surface area contributed by atoms with Gasteiger partial charge < -0.3 is 14.9 Å². The van der Waals surface area contributed by atoms with Crippen LogP contribution in [0.25, 0.3) is 11.1 Å². The van der Waals surface area contributed by atoms with Crippen molar-refractivity contribution in [1.82, 2.24) is 4.98 Å². The lowest BCUT2D eigenvalue weighted by Gasteiger charge is -2.26. The maximum absolute atomic E-state index is 13.1. The molecular formula is C25H25N3O4. The lowest BCUT2D eigenvalue weighted by molar-refractivity contribution is -0.390. The molecule has 1 aromatic heterocycles. The predicted molar refractivity (Wildman–Crippen MR) is 123 cm³/mol. The first-order valence-electron chi connectivity index (χ1n) is 10.8. The van der Waals surface area contributed by atoms with Crippen LogP contribution >= 0.6 is 0 Å². The van der Waals surface area contributed by atoms with Gasteiger partial charge in [0.05, 0.1) is 7.11 Å². The highest BCUT2D eigenvalue weighted by Crippen LogP contribution is 2.31. The molecule has 0 aliphatic carbocycles. The number of aryl methyl sites for hydroxylation is 1. The summed E-state index contributed by atoms with van der Waals surface area (Å²) in [4.78, 5) is 29.4. The first-order valence-corrected chi connectivity index (χ1v) is 10.8. The molecule has 1 amide bonds. The quantitative estimate of drug-likeness (QED) is 0.379. The van der Waals surface area contributed by atoms with Crippen molar-refractivity contribution in [3.05, 3.63) is 81.4 Å². The van der Waals surface area contributed by atoms with Crippen molar-refractivity contribution in [3.63, 3.8) is 0 Å². The van der Waals surface area contributed by atoms with Crippen molar-refractivity contribution < 1.29 is 14.5 Å². The van der Waals surface area contributed by atoms with E-state index < -0.39 is 10.7 Å². The van der Waals surface area contributed by atoms with Crippen LogP contribution < -0.4 is 9.64 Å². The molecule has 7 nitrogen and oxygen atoms in total. The molecule has 0 radical (unpaired) electrons. The van der Waals surface area contributed by atoms with Gasteiger partial charge in [-0.2, -0.15) is 0 Å². The number of unbranched alkanes of at least 4 members (excludes halogenated alkanes) is 1. The third-order valence-corrected chi connectivity index (χ3v) is 5.79. The summed E-state index contributed by atoms with van der Waals surface area (Å²) in [7, 11) is 1.35. The van der Waals surface area contributed by atoms with Gasteiger partial charge in [-0.3, -0.25) is 9.69 Å². The van der Waals surface area contributed by atoms with Crippen molar-refractivity contribution in [2.45, 2.75) is 32.6 Å². The second-order valence-electron chi connectivity index (χ2n) is 7.83. The van der Waals surface area contributed by atoms with Gasteiger partial charge in [-0.1, -0.05) is 49.7 Å². The fourth-order valence-electron chi connectivity index (χ4n) is 4.00. The molecule has 1 aliphatic heterocycles. The van der Waals surface area contributed by atoms with Gasteiger partial charge in [-0.25, -0.2) is 0 Å². The number of hydrogen-bond acceptors (Lipinski definition) is 5. The van der Waals surface area contributed by atoms with Crippen molar-refractivity contribution in [2.75, 3.05) is 18.6 Å². The molecule has 0 spiro atoms. The molecule has 4 rings (SSSR count). The van der Waals surface area contributed by atoms with Gasteiger partial charge in [-0.15, -0.1) is 0 Å². The summed E-state index contributed by atoms with van der Waals surface area (Å²) >= 11 is 0. The Morgan fingerprint density at radius 2 is 1.84 bits per heavy atom. The summed E-state index contributed by atoms with van der Waals surface area (Å²) in [6.07, 6.45) is 4.09. The highest BCUT2D eigenvalue weighted by Gasteiger charge is 2.30. The van der Waals surface area contributed by atoms with Crippen molar-refractivity contribution in [2.24, 2.45) is 0 Å². The summed E-state index contributed by atoms with van der Waals surface area (Å²) < 4.78 is 5.01. The minimum Gasteiger partial charge on any atom is -0.489 e. The number of pyridine rings is 1. The predicted octanol–water partition coefficient (Wildman–Crippen LogP) is 5.21. The molecule has 0 fully saturated rings. The Morgan fingerprint density at radius 1 is 1.09 bits per heavy atom. The van der Waals surface area contributed by atoms with Gasteiger partial charge in [0.15, 0.2) is 0 Å². The number of nitrogens with zero attached hydrogens (tertiary/aromatic N) is 3. The Hall–Kier alpha value is -3.74. The zero-order valence-corrected chi connectivity index (χ0v) is 18.2. The van der Waals surface area contributed by atoms with Gasteiger partial charge in [0, 0.05) is 18.2 Å². The monoisotopic (exact) mass is 431 g/mol. The standard InChI is InChI=1S/C25H25N3O4/c1-3-4-5-17-6-8-18(9-7-17)19-10-11-21-20(16-19)14-15-27(25(21)29)23-13-12-22(32-2)24(26-23)28(30)31/h6-13,16H,3-5,14-15H2,1-2H3. The van der Waals surface area contributed by atoms with Crippen LogP contribution in [0.2, 0.25) is 0 Å². The maximum Gasteiger partial charge on any atom is 0.408 e. The molecule has 7 heteroatoms. The summed E-state index contributed by atoms with van der Waals surface area (Å²) in [6.45, 7) is 2.59. The van der Waals surface area contributed by atoms with Gasteiger partial charge in [0.2, 0.25) is 5.75 Å². The molecule has 0 atom stereocenters. The van der Waals surface area contributed by atoms with E-state index in [1.54, 1.807) is 6.07 Å². The number of aromatic nitrogens is 1. The Labute approximate surface area is 186 Å². The number of rotatable bonds is 7. The number of fused-ring (bicyclic) bond motifs is 1. The first-order chi connectivity index (χ1) is 15.5. The number of carbonyl (C=O) groups is 1. The number of benzene rings is 2. The summed E-state index contributed by atoms with van der Waals surface area (Å²) in [5.74, 6) is -0.296. The van der Waals surface area contributed by atoms with E-state index in [1.165, 1.54) is 36.5 Å². The smallest absolute Gasteiger partial charge is 0.408 e. The van der Waals surface area contributed by atoms with Crippen LogP contribution in [-0.4, -0.2) is 29.5 Å². The molecule has 1 aliphatic rings. The topological polar surface area (TPSA) is 85.6 Å². The van der Waals surface area contributed by atoms with E-state index in [1.807, 2.05) is 12.1 Å². The second-order valence-corrected chi connectivity index (χ2v) is 7.83. The molecule has 0 saturated carbocycles. The highest BCUT2D eigenvalue weighted by molar-refractivity contribution is 6.08. The van der Waals surface area contributed by atoms with Gasteiger partial charge in [0.25, 0.3) is 11.7 Å². The van der Waals surface area contributed by atoms with Gasteiger partial charge in [-0.05, 0) is 63.6 Å². The number of carbonyl (C=O) groups excluding carboxylic acids is 1. The minimum atomic E-state index is -0.607. The number of hydrogen-bond donors (Lipinski definition) is 0. The number of ether oxygens (including phenoxy) is 1. The summed E-state index contributed by atoms with van der Waals surface area (Å²) in [6, 6.07) is 17.5. The van der Waals surface area contributed by atoms with E-state index >= 15 is 0 Å². The average molecular weight is 431 g/mol. The Morgan fingerprint density at radius 3 is 2.53 bits per heavy atom. The van der Waals surface area contributed by atoms with Crippen LogP contribution in [0.5, 0.6) is 5.75 Å². The third-order valence-electron chi connectivity index (χ3n) is 5.79. The summed E-state index contributed by atoms with van der Waals surface area (Å²) in [5.41, 5.74) is 5.10. The van der Waals surface area contributed by atoms with Crippen LogP contribution in [-0.2, 0) is 12.8 Å². The molecule has 0 unspecified atom stereocenters. The van der Waals surface area contributed by atoms with E-state index in [4.69, 9.17) is 4.74 Å². The van der Waals surface area contributed by atoms with Crippen molar-refractivity contribution in [3.8, 4) is 16.9 Å². The highest BCUT2D eigenvalue weighted by atomic mass is 16.6. The molecule has 0 saturated heterocycles. The zero-order valence-electron chi connectivity index (χ0n) is 18.2. The normalized spacial score (nSPS) is 13.1. The third kappa shape index (κ3) is 4.19. The lowest BCUT2D eigenvalue weighted by atomic mass is 9.93. The molecule has 3 aromatic rings. The van der Waals surface area contributed by atoms with Crippen molar-refractivity contribution >= 4 is 17.5 Å². The molecule has 32 heavy (non-hydrogen) atoms. The summed E-state index contributed by atoms with van der Waals surface area (Å²) in [5, 5.41) is 11.3. The Balaban J connectivity index is 1.58. The van der Waals surface area contributed by atoms with E-state index in [9.17, 15) is 14.9 Å². The second kappa shape index (κ2) is 9.18. The SMILES string of the molecule is CCCCc1ccc(-c2ccc3c(c2)CCN(c2ccc(OC)c([N+](=O)[O-])n2)C3=O)cc1. The molecule has 2 aromatic carbocycles. The van der Waals surface area contributed by atoms with E-state index in [2.05, 4.69) is 42.2 Å². The molecule has 164 valence electrons. The number of amides is 1. The number of anilines is 1. The maximum atomic E-state index is 13.1. The van der Waals surface area contributed by atoms with Crippen molar-refractivity contribution in [1.29, 1.82) is 0 Å². The fraction of sp³-hybridized carbons (Fsp3) is 0.280. The van der Waals surface area contributed by atoms with E-state index in [-0.39, 0.29) is 17.5 Å². The largest absolute Gasteiger partial charge is 0.489 e. The van der Waals surface area contributed by atoms with Gasteiger partial charge >= 0.3 is 5.82 Å². The van der Waals surface area contributed by atoms with Crippen LogP contribution in [0, 0.1) is 10.1 Å². The van der Waals surface area contributed by atoms with E-state index in [0.29, 0.717) is 18.5 Å². The van der Waals surface area contributed by atoms with Crippen LogP contribution in [0.3, 0.4) is 0 Å². The molecule has 2 heterocycles. The first kappa shape index (κ1) is 21.5. The molecular weight excluding hydrogens is 406 g/mol. The zero-order chi connectivity index (χ0) is 22.7. The average Bonchev–Trinajstić information content (AvgIpc) is 2.82. The van der Waals surface area contributed by atoms with Crippen LogP contribution in [0.4, 0.5) is 11.6 Å².